The summed E-state index contributed by atoms with van der Waals surface area (Å²) in [5, 5.41) is 11.0. The SMILES string of the molecule is COc1ccc(/C(O)=C2/C(=O)C(=O)N(c3ccc(F)c(F)c3)C2c2ccco2)cc1OC. The average molecular weight is 441 g/mol. The summed E-state index contributed by atoms with van der Waals surface area (Å²) in [7, 11) is 2.86. The first kappa shape index (κ1) is 21.1. The van der Waals surface area contributed by atoms with E-state index < -0.39 is 35.1 Å². The molecule has 2 aromatic carbocycles. The van der Waals surface area contributed by atoms with Crippen LogP contribution in [0.3, 0.4) is 0 Å². The number of anilines is 1. The molecule has 164 valence electrons. The summed E-state index contributed by atoms with van der Waals surface area (Å²) < 4.78 is 43.2. The maximum absolute atomic E-state index is 13.9. The van der Waals surface area contributed by atoms with Crippen LogP contribution >= 0.6 is 0 Å². The lowest BCUT2D eigenvalue weighted by Crippen LogP contribution is -2.29. The number of hydrogen-bond donors (Lipinski definition) is 1. The highest BCUT2D eigenvalue weighted by atomic mass is 19.2. The summed E-state index contributed by atoms with van der Waals surface area (Å²) in [5.41, 5.74) is -0.164. The van der Waals surface area contributed by atoms with Gasteiger partial charge in [-0.25, -0.2) is 8.78 Å². The highest BCUT2D eigenvalue weighted by Gasteiger charge is 2.48. The molecule has 0 saturated carbocycles. The first-order valence-corrected chi connectivity index (χ1v) is 9.39. The van der Waals surface area contributed by atoms with Crippen molar-refractivity contribution in [3.8, 4) is 11.5 Å². The summed E-state index contributed by atoms with van der Waals surface area (Å²) in [6, 6.07) is 9.10. The molecule has 0 bridgehead atoms. The third-order valence-electron chi connectivity index (χ3n) is 5.10. The van der Waals surface area contributed by atoms with Crippen LogP contribution in [-0.4, -0.2) is 31.0 Å². The van der Waals surface area contributed by atoms with E-state index in [9.17, 15) is 23.5 Å². The molecule has 1 aromatic heterocycles. The minimum atomic E-state index is -1.21. The normalized spacial score (nSPS) is 17.6. The van der Waals surface area contributed by atoms with Crippen LogP contribution in [0.15, 0.2) is 64.8 Å². The number of aliphatic hydroxyl groups is 1. The van der Waals surface area contributed by atoms with Gasteiger partial charge in [0.25, 0.3) is 11.7 Å². The average Bonchev–Trinajstić information content (AvgIpc) is 3.42. The molecule has 32 heavy (non-hydrogen) atoms. The monoisotopic (exact) mass is 441 g/mol. The van der Waals surface area contributed by atoms with Gasteiger partial charge < -0.3 is 19.0 Å². The molecule has 7 nitrogen and oxygen atoms in total. The highest BCUT2D eigenvalue weighted by molar-refractivity contribution is 6.51. The van der Waals surface area contributed by atoms with E-state index in [1.807, 2.05) is 0 Å². The Hall–Kier alpha value is -4.14. The van der Waals surface area contributed by atoms with Crippen molar-refractivity contribution in [1.29, 1.82) is 0 Å². The number of aliphatic hydroxyl groups excluding tert-OH is 1. The topological polar surface area (TPSA) is 89.2 Å². The summed E-state index contributed by atoms with van der Waals surface area (Å²) in [5.74, 6) is -3.99. The van der Waals surface area contributed by atoms with Gasteiger partial charge in [0.1, 0.15) is 17.6 Å². The summed E-state index contributed by atoms with van der Waals surface area (Å²) in [6.45, 7) is 0. The van der Waals surface area contributed by atoms with E-state index in [2.05, 4.69) is 0 Å². The zero-order valence-corrected chi connectivity index (χ0v) is 17.0. The van der Waals surface area contributed by atoms with E-state index >= 15 is 0 Å². The Morgan fingerprint density at radius 1 is 1.00 bits per heavy atom. The molecule has 1 amide bonds. The number of rotatable bonds is 5. The molecule has 2 heterocycles. The van der Waals surface area contributed by atoms with Crippen molar-refractivity contribution >= 4 is 23.1 Å². The predicted molar refractivity (Wildman–Crippen MR) is 109 cm³/mol. The molecular formula is C23H17F2NO6. The largest absolute Gasteiger partial charge is 0.507 e. The second-order valence-electron chi connectivity index (χ2n) is 6.85. The fourth-order valence-electron chi connectivity index (χ4n) is 3.59. The Balaban J connectivity index is 1.91. The number of ether oxygens (including phenoxy) is 2. The molecule has 1 N–H and O–H groups in total. The van der Waals surface area contributed by atoms with Crippen LogP contribution in [0, 0.1) is 11.6 Å². The molecule has 1 saturated heterocycles. The van der Waals surface area contributed by atoms with Gasteiger partial charge in [-0.2, -0.15) is 0 Å². The molecule has 4 rings (SSSR count). The lowest BCUT2D eigenvalue weighted by molar-refractivity contribution is -0.132. The standard InChI is InChI=1S/C23H17F2NO6/c1-30-16-8-5-12(10-18(16)31-2)21(27)19-20(17-4-3-9-32-17)26(23(29)22(19)28)13-6-7-14(24)15(25)11-13/h3-11,20,27H,1-2H3/b21-19-. The molecular weight excluding hydrogens is 424 g/mol. The Morgan fingerprint density at radius 3 is 2.38 bits per heavy atom. The summed E-state index contributed by atoms with van der Waals surface area (Å²) in [6.07, 6.45) is 1.33. The molecule has 1 unspecified atom stereocenters. The predicted octanol–water partition coefficient (Wildman–Crippen LogP) is 4.20. The van der Waals surface area contributed by atoms with Crippen LogP contribution in [0.2, 0.25) is 0 Å². The quantitative estimate of drug-likeness (QED) is 0.363. The number of furan rings is 1. The van der Waals surface area contributed by atoms with Crippen LogP contribution in [0.25, 0.3) is 5.76 Å². The molecule has 1 aliphatic rings. The summed E-state index contributed by atoms with van der Waals surface area (Å²) >= 11 is 0. The first-order valence-electron chi connectivity index (χ1n) is 9.39. The van der Waals surface area contributed by atoms with Gasteiger partial charge in [-0.3, -0.25) is 14.5 Å². The fraction of sp³-hybridized carbons (Fsp3) is 0.130. The van der Waals surface area contributed by atoms with Crippen LogP contribution in [-0.2, 0) is 9.59 Å². The van der Waals surface area contributed by atoms with E-state index in [0.717, 1.165) is 23.1 Å². The number of carbonyl (C=O) groups excluding carboxylic acids is 2. The number of carbonyl (C=O) groups is 2. The zero-order chi connectivity index (χ0) is 23.0. The third kappa shape index (κ3) is 3.37. The smallest absolute Gasteiger partial charge is 0.300 e. The second-order valence-corrected chi connectivity index (χ2v) is 6.85. The Kier molecular flexibility index (Phi) is 5.40. The number of halogens is 2. The van der Waals surface area contributed by atoms with Crippen LogP contribution < -0.4 is 14.4 Å². The van der Waals surface area contributed by atoms with Crippen molar-refractivity contribution < 1.29 is 37.4 Å². The van der Waals surface area contributed by atoms with E-state index in [4.69, 9.17) is 13.9 Å². The van der Waals surface area contributed by atoms with Gasteiger partial charge in [-0.05, 0) is 42.5 Å². The van der Waals surface area contributed by atoms with Gasteiger partial charge in [0.05, 0.1) is 26.1 Å². The molecule has 1 fully saturated rings. The lowest BCUT2D eigenvalue weighted by atomic mass is 9.99. The molecule has 0 aliphatic carbocycles. The number of ketones is 1. The van der Waals surface area contributed by atoms with Gasteiger partial charge in [0.2, 0.25) is 0 Å². The number of methoxy groups -OCH3 is 2. The minimum Gasteiger partial charge on any atom is -0.507 e. The molecule has 9 heteroatoms. The van der Waals surface area contributed by atoms with Crippen molar-refractivity contribution in [3.05, 3.63) is 83.3 Å². The van der Waals surface area contributed by atoms with Crippen molar-refractivity contribution in [3.63, 3.8) is 0 Å². The first-order chi connectivity index (χ1) is 15.4. The number of Topliss-reactive ketones (excluding diaryl/α,β-unsaturated/α-hetero) is 1. The van der Waals surface area contributed by atoms with Gasteiger partial charge in [0, 0.05) is 17.3 Å². The fourth-order valence-corrected chi connectivity index (χ4v) is 3.59. The molecule has 3 aromatic rings. The Bertz CT molecular complexity index is 1240. The number of benzene rings is 2. The van der Waals surface area contributed by atoms with Gasteiger partial charge in [-0.15, -0.1) is 0 Å². The minimum absolute atomic E-state index is 0.0706. The van der Waals surface area contributed by atoms with E-state index in [1.54, 1.807) is 0 Å². The van der Waals surface area contributed by atoms with Gasteiger partial charge in [0.15, 0.2) is 23.1 Å². The van der Waals surface area contributed by atoms with Crippen molar-refractivity contribution in [2.45, 2.75) is 6.04 Å². The molecule has 1 aliphatic heterocycles. The Labute approximate surface area is 181 Å². The van der Waals surface area contributed by atoms with E-state index in [1.165, 1.54) is 50.8 Å². The van der Waals surface area contributed by atoms with Gasteiger partial charge in [-0.1, -0.05) is 0 Å². The molecule has 0 spiro atoms. The molecule has 1 atom stereocenters. The van der Waals surface area contributed by atoms with Crippen LogP contribution in [0.4, 0.5) is 14.5 Å². The molecule has 0 radical (unpaired) electrons. The van der Waals surface area contributed by atoms with Gasteiger partial charge >= 0.3 is 0 Å². The van der Waals surface area contributed by atoms with E-state index in [0.29, 0.717) is 11.5 Å². The number of hydrogen-bond acceptors (Lipinski definition) is 6. The highest BCUT2D eigenvalue weighted by Crippen LogP contribution is 2.43. The Morgan fingerprint density at radius 2 is 1.75 bits per heavy atom. The second kappa shape index (κ2) is 8.18. The maximum Gasteiger partial charge on any atom is 0.300 e. The number of amides is 1. The number of nitrogens with zero attached hydrogens (tertiary/aromatic N) is 1. The zero-order valence-electron chi connectivity index (χ0n) is 17.0. The van der Waals surface area contributed by atoms with Crippen LogP contribution in [0.1, 0.15) is 17.4 Å². The van der Waals surface area contributed by atoms with Crippen molar-refractivity contribution in [2.75, 3.05) is 19.1 Å². The lowest BCUT2D eigenvalue weighted by Gasteiger charge is -2.23. The van der Waals surface area contributed by atoms with Crippen molar-refractivity contribution in [1.82, 2.24) is 0 Å². The summed E-state index contributed by atoms with van der Waals surface area (Å²) in [4.78, 5) is 26.8. The third-order valence-corrected chi connectivity index (χ3v) is 5.10. The maximum atomic E-state index is 13.9. The van der Waals surface area contributed by atoms with Crippen LogP contribution in [0.5, 0.6) is 11.5 Å². The van der Waals surface area contributed by atoms with E-state index in [-0.39, 0.29) is 22.6 Å². The van der Waals surface area contributed by atoms with Crippen molar-refractivity contribution in [2.24, 2.45) is 0 Å².